The van der Waals surface area contributed by atoms with Gasteiger partial charge in [-0.3, -0.25) is 9.59 Å². The third-order valence-electron chi connectivity index (χ3n) is 6.30. The SMILES string of the molecule is O=C(COC(=O)C12CC3CC(CC(C3)C1)C2)Nc1ccc(C(F)(F)F)cc1. The maximum absolute atomic E-state index is 12.7. The summed E-state index contributed by atoms with van der Waals surface area (Å²) in [6, 6.07) is 4.16. The Balaban J connectivity index is 1.31. The van der Waals surface area contributed by atoms with Crippen molar-refractivity contribution in [1.29, 1.82) is 0 Å². The largest absolute Gasteiger partial charge is 0.455 e. The molecule has 4 aliphatic rings. The molecule has 1 amide bonds. The number of ether oxygens (including phenoxy) is 1. The zero-order valence-electron chi connectivity index (χ0n) is 14.8. The molecule has 0 saturated heterocycles. The monoisotopic (exact) mass is 381 g/mol. The molecule has 0 heterocycles. The smallest absolute Gasteiger partial charge is 0.416 e. The van der Waals surface area contributed by atoms with E-state index >= 15 is 0 Å². The number of alkyl halides is 3. The normalized spacial score (nSPS) is 31.6. The summed E-state index contributed by atoms with van der Waals surface area (Å²) in [7, 11) is 0. The predicted molar refractivity (Wildman–Crippen MR) is 91.6 cm³/mol. The van der Waals surface area contributed by atoms with E-state index in [1.165, 1.54) is 31.4 Å². The van der Waals surface area contributed by atoms with Crippen molar-refractivity contribution in [3.8, 4) is 0 Å². The van der Waals surface area contributed by atoms with Crippen LogP contribution in [0.25, 0.3) is 0 Å². The first-order valence-electron chi connectivity index (χ1n) is 9.38. The molecule has 0 radical (unpaired) electrons. The highest BCUT2D eigenvalue weighted by Crippen LogP contribution is 2.60. The van der Waals surface area contributed by atoms with Gasteiger partial charge in [0.15, 0.2) is 6.61 Å². The Bertz CT molecular complexity index is 707. The van der Waals surface area contributed by atoms with Crippen molar-refractivity contribution < 1.29 is 27.5 Å². The number of halogens is 3. The van der Waals surface area contributed by atoms with Gasteiger partial charge in [-0.2, -0.15) is 13.2 Å². The van der Waals surface area contributed by atoms with Gasteiger partial charge in [0.2, 0.25) is 0 Å². The van der Waals surface area contributed by atoms with Crippen LogP contribution in [-0.4, -0.2) is 18.5 Å². The number of rotatable bonds is 4. The fourth-order valence-corrected chi connectivity index (χ4v) is 5.58. The van der Waals surface area contributed by atoms with Crippen LogP contribution < -0.4 is 5.32 Å². The van der Waals surface area contributed by atoms with Crippen LogP contribution in [0.1, 0.15) is 44.1 Å². The maximum Gasteiger partial charge on any atom is 0.416 e. The van der Waals surface area contributed by atoms with E-state index in [1.54, 1.807) is 0 Å². The Hall–Kier alpha value is -2.05. The van der Waals surface area contributed by atoms with E-state index < -0.39 is 29.7 Å². The maximum atomic E-state index is 12.7. The average molecular weight is 381 g/mol. The first-order valence-corrected chi connectivity index (χ1v) is 9.38. The number of esters is 1. The minimum Gasteiger partial charge on any atom is -0.455 e. The van der Waals surface area contributed by atoms with E-state index in [0.717, 1.165) is 31.4 Å². The van der Waals surface area contributed by atoms with Gasteiger partial charge < -0.3 is 10.1 Å². The molecule has 1 N–H and O–H groups in total. The first-order chi connectivity index (χ1) is 12.7. The number of amides is 1. The van der Waals surface area contributed by atoms with Crippen molar-refractivity contribution in [2.45, 2.75) is 44.7 Å². The van der Waals surface area contributed by atoms with Gasteiger partial charge in [-0.05, 0) is 80.5 Å². The van der Waals surface area contributed by atoms with Crippen molar-refractivity contribution in [1.82, 2.24) is 0 Å². The molecule has 0 spiro atoms. The van der Waals surface area contributed by atoms with Crippen LogP contribution in [0.5, 0.6) is 0 Å². The van der Waals surface area contributed by atoms with E-state index in [0.29, 0.717) is 17.8 Å². The lowest BCUT2D eigenvalue weighted by Gasteiger charge is -2.55. The van der Waals surface area contributed by atoms with Crippen molar-refractivity contribution in [3.63, 3.8) is 0 Å². The van der Waals surface area contributed by atoms with Gasteiger partial charge in [0, 0.05) is 5.69 Å². The third kappa shape index (κ3) is 3.69. The summed E-state index contributed by atoms with van der Waals surface area (Å²) in [6.07, 6.45) is 1.79. The topological polar surface area (TPSA) is 55.4 Å². The fourth-order valence-electron chi connectivity index (χ4n) is 5.58. The predicted octanol–water partition coefficient (Wildman–Crippen LogP) is 4.40. The van der Waals surface area contributed by atoms with Gasteiger partial charge in [0.05, 0.1) is 11.0 Å². The molecule has 4 aliphatic carbocycles. The summed E-state index contributed by atoms with van der Waals surface area (Å²) in [5.74, 6) is 0.969. The van der Waals surface area contributed by atoms with Crippen LogP contribution in [0.15, 0.2) is 24.3 Å². The molecule has 146 valence electrons. The number of carbonyl (C=O) groups is 2. The second-order valence-corrected chi connectivity index (χ2v) is 8.40. The van der Waals surface area contributed by atoms with Crippen LogP contribution in [-0.2, 0) is 20.5 Å². The molecule has 0 aliphatic heterocycles. The van der Waals surface area contributed by atoms with Crippen molar-refractivity contribution in [2.24, 2.45) is 23.2 Å². The van der Waals surface area contributed by atoms with Gasteiger partial charge in [0.25, 0.3) is 5.91 Å². The quantitative estimate of drug-likeness (QED) is 0.787. The molecule has 4 nitrogen and oxygen atoms in total. The zero-order valence-corrected chi connectivity index (χ0v) is 14.8. The number of hydrogen-bond donors (Lipinski definition) is 1. The Morgan fingerprint density at radius 1 is 1.00 bits per heavy atom. The van der Waals surface area contributed by atoms with Crippen LogP contribution >= 0.6 is 0 Å². The number of nitrogens with one attached hydrogen (secondary N) is 1. The summed E-state index contributed by atoms with van der Waals surface area (Å²) in [5, 5.41) is 2.47. The Morgan fingerprint density at radius 2 is 1.52 bits per heavy atom. The zero-order chi connectivity index (χ0) is 19.2. The highest BCUT2D eigenvalue weighted by atomic mass is 19.4. The summed E-state index contributed by atoms with van der Waals surface area (Å²) >= 11 is 0. The van der Waals surface area contributed by atoms with Gasteiger partial charge in [-0.1, -0.05) is 0 Å². The number of benzene rings is 1. The van der Waals surface area contributed by atoms with Crippen molar-refractivity contribution >= 4 is 17.6 Å². The van der Waals surface area contributed by atoms with E-state index in [4.69, 9.17) is 4.74 Å². The molecule has 1 aromatic rings. The number of carbonyl (C=O) groups excluding carboxylic acids is 2. The Labute approximate surface area is 155 Å². The van der Waals surface area contributed by atoms with Crippen LogP contribution in [0.2, 0.25) is 0 Å². The van der Waals surface area contributed by atoms with E-state index in [9.17, 15) is 22.8 Å². The molecule has 4 fully saturated rings. The van der Waals surface area contributed by atoms with Crippen LogP contribution in [0, 0.1) is 23.2 Å². The molecular formula is C20H22F3NO3. The van der Waals surface area contributed by atoms with Gasteiger partial charge in [-0.15, -0.1) is 0 Å². The number of anilines is 1. The van der Waals surface area contributed by atoms with Gasteiger partial charge in [0.1, 0.15) is 0 Å². The van der Waals surface area contributed by atoms with Gasteiger partial charge in [-0.25, -0.2) is 0 Å². The minimum atomic E-state index is -4.42. The van der Waals surface area contributed by atoms with E-state index in [1.807, 2.05) is 0 Å². The van der Waals surface area contributed by atoms with Crippen molar-refractivity contribution in [2.75, 3.05) is 11.9 Å². The molecule has 0 unspecified atom stereocenters. The molecule has 4 bridgehead atoms. The summed E-state index contributed by atoms with van der Waals surface area (Å²) in [4.78, 5) is 24.7. The molecule has 27 heavy (non-hydrogen) atoms. The van der Waals surface area contributed by atoms with Crippen molar-refractivity contribution in [3.05, 3.63) is 29.8 Å². The fraction of sp³-hybridized carbons (Fsp3) is 0.600. The lowest BCUT2D eigenvalue weighted by molar-refractivity contribution is -0.172. The summed E-state index contributed by atoms with van der Waals surface area (Å²) in [5.41, 5.74) is -0.976. The van der Waals surface area contributed by atoms with E-state index in [-0.39, 0.29) is 11.7 Å². The lowest BCUT2D eigenvalue weighted by Crippen LogP contribution is -2.50. The number of hydrogen-bond acceptors (Lipinski definition) is 3. The molecular weight excluding hydrogens is 359 g/mol. The highest BCUT2D eigenvalue weighted by molar-refractivity contribution is 5.93. The highest BCUT2D eigenvalue weighted by Gasteiger charge is 2.55. The summed E-state index contributed by atoms with van der Waals surface area (Å²) < 4.78 is 43.0. The standard InChI is InChI=1S/C20H22F3NO3/c21-20(22,23)15-1-3-16(4-2-15)24-17(25)11-27-18(26)19-8-12-5-13(9-19)7-14(6-12)10-19/h1-4,12-14H,5-11H2,(H,24,25). The first kappa shape index (κ1) is 18.3. The summed E-state index contributed by atoms with van der Waals surface area (Å²) in [6.45, 7) is -0.415. The lowest BCUT2D eigenvalue weighted by atomic mass is 9.49. The second kappa shape index (κ2) is 6.53. The van der Waals surface area contributed by atoms with E-state index in [2.05, 4.69) is 5.32 Å². The van der Waals surface area contributed by atoms with Crippen LogP contribution in [0.3, 0.4) is 0 Å². The minimum absolute atomic E-state index is 0.235. The Kier molecular flexibility index (Phi) is 4.43. The van der Waals surface area contributed by atoms with Gasteiger partial charge >= 0.3 is 12.1 Å². The third-order valence-corrected chi connectivity index (χ3v) is 6.30. The average Bonchev–Trinajstić information content (AvgIpc) is 2.58. The Morgan fingerprint density at radius 3 is 2.00 bits per heavy atom. The molecule has 0 atom stereocenters. The second-order valence-electron chi connectivity index (χ2n) is 8.40. The molecule has 1 aromatic carbocycles. The molecule has 4 saturated carbocycles. The molecule has 5 rings (SSSR count). The van der Waals surface area contributed by atoms with Crippen LogP contribution in [0.4, 0.5) is 18.9 Å². The molecule has 7 heteroatoms. The molecule has 0 aromatic heterocycles.